The smallest absolute Gasteiger partial charge is 0.207 e. The van der Waals surface area contributed by atoms with E-state index in [1.165, 1.54) is 19.3 Å². The number of benzene rings is 1. The van der Waals surface area contributed by atoms with Gasteiger partial charge < -0.3 is 0 Å². The van der Waals surface area contributed by atoms with Crippen LogP contribution in [0.15, 0.2) is 29.2 Å². The molecule has 0 bridgehead atoms. The maximum atomic E-state index is 12.4. The highest BCUT2D eigenvalue weighted by atomic mass is 127. The second-order valence-corrected chi connectivity index (χ2v) is 8.86. The van der Waals surface area contributed by atoms with Gasteiger partial charge in [-0.15, -0.1) is 0 Å². The second kappa shape index (κ2) is 7.22. The van der Waals surface area contributed by atoms with Crippen molar-refractivity contribution >= 4 is 32.6 Å². The van der Waals surface area contributed by atoms with E-state index in [4.69, 9.17) is 0 Å². The molecule has 0 spiro atoms. The summed E-state index contributed by atoms with van der Waals surface area (Å²) in [5, 5.41) is 0. The Kier molecular flexibility index (Phi) is 5.86. The van der Waals surface area contributed by atoms with Crippen molar-refractivity contribution in [3.05, 3.63) is 29.8 Å². The molecule has 2 rings (SSSR count). The lowest BCUT2D eigenvalue weighted by molar-refractivity contribution is 0.444. The minimum absolute atomic E-state index is 0.0576. The first kappa shape index (κ1) is 16.2. The predicted octanol–water partition coefficient (Wildman–Crippen LogP) is 3.80. The molecule has 1 N–H and O–H groups in total. The average Bonchev–Trinajstić information content (AvgIpc) is 2.39. The van der Waals surface area contributed by atoms with Crippen LogP contribution in [0.5, 0.6) is 0 Å². The van der Waals surface area contributed by atoms with Crippen LogP contribution >= 0.6 is 22.6 Å². The van der Waals surface area contributed by atoms with Crippen LogP contribution in [0.4, 0.5) is 0 Å². The highest BCUT2D eigenvalue weighted by Crippen LogP contribution is 2.25. The molecular formula is C15H22INO2S. The van der Waals surface area contributed by atoms with E-state index in [0.29, 0.717) is 8.82 Å². The number of hydrogen-bond donors (Lipinski definition) is 1. The molecule has 0 amide bonds. The summed E-state index contributed by atoms with van der Waals surface area (Å²) in [4.78, 5) is 0.369. The van der Waals surface area contributed by atoms with Gasteiger partial charge in [0.15, 0.2) is 0 Å². The Hall–Kier alpha value is -0.140. The van der Waals surface area contributed by atoms with Crippen molar-refractivity contribution in [1.82, 2.24) is 4.72 Å². The van der Waals surface area contributed by atoms with Crippen molar-refractivity contribution < 1.29 is 8.42 Å². The Labute approximate surface area is 135 Å². The first-order chi connectivity index (χ1) is 9.49. The monoisotopic (exact) mass is 407 g/mol. The van der Waals surface area contributed by atoms with E-state index in [0.717, 1.165) is 24.8 Å². The quantitative estimate of drug-likeness (QED) is 0.612. The van der Waals surface area contributed by atoms with Gasteiger partial charge >= 0.3 is 0 Å². The van der Waals surface area contributed by atoms with Crippen molar-refractivity contribution in [3.8, 4) is 0 Å². The molecule has 0 aromatic heterocycles. The first-order valence-electron chi connectivity index (χ1n) is 7.22. The number of rotatable bonds is 3. The van der Waals surface area contributed by atoms with Gasteiger partial charge in [0.2, 0.25) is 10.0 Å². The molecule has 0 aliphatic heterocycles. The van der Waals surface area contributed by atoms with E-state index in [1.54, 1.807) is 12.1 Å². The number of nitrogens with one attached hydrogen (secondary N) is 1. The maximum absolute atomic E-state index is 12.4. The number of aryl methyl sites for hydroxylation is 1. The third-order valence-corrected chi connectivity index (χ3v) is 6.82. The lowest BCUT2D eigenvalue weighted by atomic mass is 9.97. The first-order valence-corrected chi connectivity index (χ1v) is 9.95. The van der Waals surface area contributed by atoms with E-state index < -0.39 is 10.0 Å². The molecule has 2 atom stereocenters. The topological polar surface area (TPSA) is 46.2 Å². The minimum atomic E-state index is -3.39. The van der Waals surface area contributed by atoms with Crippen LogP contribution in [0.25, 0.3) is 0 Å². The zero-order chi connectivity index (χ0) is 14.6. The van der Waals surface area contributed by atoms with Crippen molar-refractivity contribution in [2.24, 2.45) is 0 Å². The highest BCUT2D eigenvalue weighted by molar-refractivity contribution is 14.1. The summed E-state index contributed by atoms with van der Waals surface area (Å²) in [5.74, 6) is 0. The summed E-state index contributed by atoms with van der Waals surface area (Å²) < 4.78 is 28.2. The lowest BCUT2D eigenvalue weighted by Crippen LogP contribution is -2.41. The molecule has 1 saturated carbocycles. The van der Waals surface area contributed by atoms with Crippen molar-refractivity contribution in [2.75, 3.05) is 0 Å². The normalized spacial score (nSPS) is 24.9. The summed E-state index contributed by atoms with van der Waals surface area (Å²) in [6, 6.07) is 7.11. The van der Waals surface area contributed by atoms with E-state index in [9.17, 15) is 8.42 Å². The van der Waals surface area contributed by atoms with Gasteiger partial charge in [-0.05, 0) is 31.9 Å². The molecule has 1 aromatic carbocycles. The van der Waals surface area contributed by atoms with Crippen LogP contribution in [-0.2, 0) is 10.0 Å². The Balaban J connectivity index is 2.11. The van der Waals surface area contributed by atoms with Crippen LogP contribution in [-0.4, -0.2) is 18.4 Å². The number of sulfonamides is 1. The Morgan fingerprint density at radius 3 is 2.30 bits per heavy atom. The maximum Gasteiger partial charge on any atom is 0.240 e. The van der Waals surface area contributed by atoms with Gasteiger partial charge in [-0.3, -0.25) is 0 Å². The molecule has 1 aromatic rings. The van der Waals surface area contributed by atoms with Gasteiger partial charge in [0.05, 0.1) is 4.90 Å². The third-order valence-electron chi connectivity index (χ3n) is 3.82. The molecule has 0 saturated heterocycles. The third kappa shape index (κ3) is 4.43. The standard InChI is InChI=1S/C15H22INO2S/c1-12-8-10-13(11-9-12)20(18,19)17-15-7-5-3-2-4-6-14(15)16/h8-11,14-15,17H,2-7H2,1H3/t14-,15-/m1/s1. The fourth-order valence-corrected chi connectivity index (χ4v) is 5.09. The van der Waals surface area contributed by atoms with Crippen molar-refractivity contribution in [2.45, 2.75) is 60.3 Å². The van der Waals surface area contributed by atoms with Crippen molar-refractivity contribution in [1.29, 1.82) is 0 Å². The van der Waals surface area contributed by atoms with Gasteiger partial charge in [0, 0.05) is 9.97 Å². The van der Waals surface area contributed by atoms with Crippen LogP contribution in [0.3, 0.4) is 0 Å². The molecule has 3 nitrogen and oxygen atoms in total. The Bertz CT molecular complexity index is 527. The number of hydrogen-bond acceptors (Lipinski definition) is 2. The van der Waals surface area contributed by atoms with Gasteiger partial charge in [0.1, 0.15) is 0 Å². The summed E-state index contributed by atoms with van der Waals surface area (Å²) in [7, 11) is -3.39. The summed E-state index contributed by atoms with van der Waals surface area (Å²) in [6.07, 6.45) is 6.85. The predicted molar refractivity (Wildman–Crippen MR) is 90.8 cm³/mol. The van der Waals surface area contributed by atoms with Crippen molar-refractivity contribution in [3.63, 3.8) is 0 Å². The fourth-order valence-electron chi connectivity index (χ4n) is 2.56. The summed E-state index contributed by atoms with van der Waals surface area (Å²) in [6.45, 7) is 1.96. The largest absolute Gasteiger partial charge is 0.240 e. The van der Waals surface area contributed by atoms with E-state index in [2.05, 4.69) is 27.3 Å². The molecule has 112 valence electrons. The molecule has 20 heavy (non-hydrogen) atoms. The Morgan fingerprint density at radius 2 is 1.65 bits per heavy atom. The minimum Gasteiger partial charge on any atom is -0.207 e. The van der Waals surface area contributed by atoms with Gasteiger partial charge in [0.25, 0.3) is 0 Å². The molecule has 1 fully saturated rings. The number of alkyl halides is 1. The van der Waals surface area contributed by atoms with E-state index in [-0.39, 0.29) is 6.04 Å². The van der Waals surface area contributed by atoms with Crippen LogP contribution in [0.2, 0.25) is 0 Å². The molecule has 1 aliphatic carbocycles. The SMILES string of the molecule is Cc1ccc(S(=O)(=O)N[C@@H]2CCCCCC[C@H]2I)cc1. The van der Waals surface area contributed by atoms with Gasteiger partial charge in [-0.2, -0.15) is 0 Å². The molecule has 0 heterocycles. The van der Waals surface area contributed by atoms with Crippen LogP contribution in [0.1, 0.15) is 44.1 Å². The molecule has 5 heteroatoms. The van der Waals surface area contributed by atoms with Gasteiger partial charge in [-0.25, -0.2) is 13.1 Å². The second-order valence-electron chi connectivity index (χ2n) is 5.55. The average molecular weight is 407 g/mol. The van der Waals surface area contributed by atoms with E-state index >= 15 is 0 Å². The fraction of sp³-hybridized carbons (Fsp3) is 0.600. The lowest BCUT2D eigenvalue weighted by Gasteiger charge is -2.26. The zero-order valence-corrected chi connectivity index (χ0v) is 14.8. The summed E-state index contributed by atoms with van der Waals surface area (Å²) in [5.41, 5.74) is 1.07. The molecule has 0 radical (unpaired) electrons. The van der Waals surface area contributed by atoms with E-state index in [1.807, 2.05) is 19.1 Å². The molecule has 0 unspecified atom stereocenters. The molecular weight excluding hydrogens is 385 g/mol. The van der Waals surface area contributed by atoms with Crippen LogP contribution in [0, 0.1) is 6.92 Å². The summed E-state index contributed by atoms with van der Waals surface area (Å²) >= 11 is 2.40. The number of halogens is 1. The van der Waals surface area contributed by atoms with Crippen LogP contribution < -0.4 is 4.72 Å². The highest BCUT2D eigenvalue weighted by Gasteiger charge is 2.26. The Morgan fingerprint density at radius 1 is 1.05 bits per heavy atom. The molecule has 1 aliphatic rings. The zero-order valence-electron chi connectivity index (χ0n) is 11.8. The van der Waals surface area contributed by atoms with Gasteiger partial charge in [-0.1, -0.05) is 66.0 Å².